The van der Waals surface area contributed by atoms with E-state index in [1.807, 2.05) is 0 Å². The molecule has 4 N–H and O–H groups in total. The summed E-state index contributed by atoms with van der Waals surface area (Å²) in [7, 11) is 1.44. The molecule has 1 amide bonds. The summed E-state index contributed by atoms with van der Waals surface area (Å²) in [6.45, 7) is 4.55. The molecule has 40 heavy (non-hydrogen) atoms. The topological polar surface area (TPSA) is 127 Å². The predicted molar refractivity (Wildman–Crippen MR) is 144 cm³/mol. The number of ether oxygens (including phenoxy) is 2. The summed E-state index contributed by atoms with van der Waals surface area (Å²) in [5.74, 6) is -4.84. The van der Waals surface area contributed by atoms with Crippen molar-refractivity contribution in [3.8, 4) is 5.88 Å². The standard InChI is InChI=1S/C27H28ClF3N4O5/c1-27(2,3)40-26(38)35(10-9-21-19(32)6-8-23(34-21)39-4)13-15-20(7-5-16(28)24(15)31)33-22-12-18(30)17(29)11-14(22)25(36)37/h5-8,11-12,33H,9-10,13,32H2,1-4H3,(H,36,37). The summed E-state index contributed by atoms with van der Waals surface area (Å²) in [6.07, 6.45) is -0.655. The summed E-state index contributed by atoms with van der Waals surface area (Å²) < 4.78 is 53.8. The van der Waals surface area contributed by atoms with Gasteiger partial charge < -0.3 is 30.5 Å². The van der Waals surface area contributed by atoms with Crippen molar-refractivity contribution in [3.05, 3.63) is 75.7 Å². The Morgan fingerprint density at radius 3 is 2.40 bits per heavy atom. The van der Waals surface area contributed by atoms with Crippen molar-refractivity contribution in [3.63, 3.8) is 0 Å². The van der Waals surface area contributed by atoms with Crippen LogP contribution >= 0.6 is 11.6 Å². The minimum Gasteiger partial charge on any atom is -0.481 e. The lowest BCUT2D eigenvalue weighted by Gasteiger charge is -2.28. The molecule has 0 atom stereocenters. The van der Waals surface area contributed by atoms with Crippen LogP contribution in [0.5, 0.6) is 5.88 Å². The maximum absolute atomic E-state index is 15.4. The zero-order valence-electron chi connectivity index (χ0n) is 22.1. The molecule has 0 unspecified atom stereocenters. The number of anilines is 3. The van der Waals surface area contributed by atoms with Crippen LogP contribution in [-0.2, 0) is 17.7 Å². The molecule has 3 aromatic rings. The Morgan fingerprint density at radius 2 is 1.77 bits per heavy atom. The van der Waals surface area contributed by atoms with Crippen LogP contribution in [0.25, 0.3) is 0 Å². The van der Waals surface area contributed by atoms with E-state index in [9.17, 15) is 23.5 Å². The Morgan fingerprint density at radius 1 is 1.10 bits per heavy atom. The zero-order valence-corrected chi connectivity index (χ0v) is 22.9. The average molecular weight is 581 g/mol. The number of halogens is 4. The van der Waals surface area contributed by atoms with E-state index >= 15 is 4.39 Å². The number of carboxylic acids is 1. The van der Waals surface area contributed by atoms with Gasteiger partial charge >= 0.3 is 12.1 Å². The Labute approximate surface area is 233 Å². The molecule has 0 radical (unpaired) electrons. The number of carboxylic acid groups (broad SMARTS) is 1. The number of aromatic nitrogens is 1. The van der Waals surface area contributed by atoms with Crippen LogP contribution < -0.4 is 15.8 Å². The molecule has 0 fully saturated rings. The van der Waals surface area contributed by atoms with Crippen LogP contribution in [-0.4, -0.2) is 46.3 Å². The zero-order chi connectivity index (χ0) is 29.8. The molecule has 0 saturated heterocycles. The summed E-state index contributed by atoms with van der Waals surface area (Å²) >= 11 is 6.03. The van der Waals surface area contributed by atoms with Crippen LogP contribution in [0.1, 0.15) is 42.4 Å². The molecular weight excluding hydrogens is 553 g/mol. The Balaban J connectivity index is 2.02. The van der Waals surface area contributed by atoms with Crippen LogP contribution in [0.3, 0.4) is 0 Å². The molecule has 0 saturated carbocycles. The van der Waals surface area contributed by atoms with E-state index < -0.39 is 47.2 Å². The van der Waals surface area contributed by atoms with E-state index in [0.29, 0.717) is 29.4 Å². The van der Waals surface area contributed by atoms with Crippen LogP contribution in [0, 0.1) is 17.5 Å². The molecule has 214 valence electrons. The molecule has 1 aromatic heterocycles. The molecule has 1 heterocycles. The summed E-state index contributed by atoms with van der Waals surface area (Å²) in [4.78, 5) is 30.3. The SMILES string of the molecule is COc1ccc(N)c(CCN(Cc2c(Nc3cc(F)c(F)cc3C(=O)O)ccc(Cl)c2F)C(=O)OC(C)(C)C)n1. The number of hydrogen-bond acceptors (Lipinski definition) is 7. The lowest BCUT2D eigenvalue weighted by atomic mass is 10.1. The maximum atomic E-state index is 15.4. The third-order valence-electron chi connectivity index (χ3n) is 5.57. The van der Waals surface area contributed by atoms with Crippen LogP contribution in [0.4, 0.5) is 35.0 Å². The minimum atomic E-state index is -1.55. The molecule has 0 aliphatic rings. The number of carbonyl (C=O) groups excluding carboxylic acids is 1. The summed E-state index contributed by atoms with van der Waals surface area (Å²) in [5.41, 5.74) is 4.78. The number of methoxy groups -OCH3 is 1. The van der Waals surface area contributed by atoms with Gasteiger partial charge in [-0.3, -0.25) is 0 Å². The number of rotatable bonds is 9. The van der Waals surface area contributed by atoms with E-state index in [0.717, 1.165) is 0 Å². The number of aromatic carboxylic acids is 1. The summed E-state index contributed by atoms with van der Waals surface area (Å²) in [6, 6.07) is 6.83. The highest BCUT2D eigenvalue weighted by atomic mass is 35.5. The number of nitrogens with two attached hydrogens (primary N) is 1. The van der Waals surface area contributed by atoms with Crippen molar-refractivity contribution < 1.29 is 37.3 Å². The van der Waals surface area contributed by atoms with E-state index in [-0.39, 0.29) is 34.9 Å². The van der Waals surface area contributed by atoms with E-state index in [1.54, 1.807) is 32.9 Å². The van der Waals surface area contributed by atoms with Gasteiger partial charge in [0, 0.05) is 36.3 Å². The quantitative estimate of drug-likeness (QED) is 0.274. The number of nitrogen functional groups attached to an aromatic ring is 1. The van der Waals surface area contributed by atoms with Crippen molar-refractivity contribution in [1.29, 1.82) is 0 Å². The second kappa shape index (κ2) is 12.3. The van der Waals surface area contributed by atoms with Gasteiger partial charge in [-0.1, -0.05) is 11.6 Å². The van der Waals surface area contributed by atoms with Gasteiger partial charge in [-0.15, -0.1) is 0 Å². The lowest BCUT2D eigenvalue weighted by molar-refractivity contribution is 0.0234. The van der Waals surface area contributed by atoms with Crippen molar-refractivity contribution in [2.45, 2.75) is 39.3 Å². The van der Waals surface area contributed by atoms with Gasteiger partial charge in [0.2, 0.25) is 5.88 Å². The fourth-order valence-electron chi connectivity index (χ4n) is 3.64. The molecule has 0 bridgehead atoms. The van der Waals surface area contributed by atoms with Crippen molar-refractivity contribution in [2.75, 3.05) is 24.7 Å². The number of hydrogen-bond donors (Lipinski definition) is 3. The van der Waals surface area contributed by atoms with Crippen LogP contribution in [0.15, 0.2) is 36.4 Å². The van der Waals surface area contributed by atoms with Crippen molar-refractivity contribution in [2.24, 2.45) is 0 Å². The predicted octanol–water partition coefficient (Wildman–Crippen LogP) is 6.16. The lowest BCUT2D eigenvalue weighted by Crippen LogP contribution is -2.38. The average Bonchev–Trinajstić information content (AvgIpc) is 2.87. The van der Waals surface area contributed by atoms with Crippen LogP contribution in [0.2, 0.25) is 5.02 Å². The fourth-order valence-corrected chi connectivity index (χ4v) is 3.81. The first kappa shape index (κ1) is 30.4. The molecule has 0 spiro atoms. The molecule has 3 rings (SSSR count). The molecule has 2 aromatic carbocycles. The first-order valence-corrected chi connectivity index (χ1v) is 12.3. The molecule has 13 heteroatoms. The van der Waals surface area contributed by atoms with Gasteiger partial charge in [-0.25, -0.2) is 27.7 Å². The third kappa shape index (κ3) is 7.47. The van der Waals surface area contributed by atoms with Gasteiger partial charge in [-0.05, 0) is 45.0 Å². The Hall–Kier alpha value is -4.19. The maximum Gasteiger partial charge on any atom is 0.410 e. The number of pyridine rings is 1. The highest BCUT2D eigenvalue weighted by molar-refractivity contribution is 6.30. The highest BCUT2D eigenvalue weighted by Gasteiger charge is 2.26. The Bertz CT molecular complexity index is 1430. The van der Waals surface area contributed by atoms with Gasteiger partial charge in [0.1, 0.15) is 11.4 Å². The molecule has 0 aliphatic heterocycles. The largest absolute Gasteiger partial charge is 0.481 e. The second-order valence-electron chi connectivity index (χ2n) is 9.67. The number of benzene rings is 2. The molecule has 9 nitrogen and oxygen atoms in total. The number of amides is 1. The second-order valence-corrected chi connectivity index (χ2v) is 10.1. The summed E-state index contributed by atoms with van der Waals surface area (Å²) in [5, 5.41) is 11.8. The van der Waals surface area contributed by atoms with Gasteiger partial charge in [0.15, 0.2) is 11.6 Å². The van der Waals surface area contributed by atoms with E-state index in [1.165, 1.54) is 24.1 Å². The van der Waals surface area contributed by atoms with Gasteiger partial charge in [-0.2, -0.15) is 0 Å². The first-order chi connectivity index (χ1) is 18.7. The van der Waals surface area contributed by atoms with Crippen molar-refractivity contribution in [1.82, 2.24) is 9.88 Å². The monoisotopic (exact) mass is 580 g/mol. The normalized spacial score (nSPS) is 11.2. The molecular formula is C27H28ClF3N4O5. The number of nitrogens with zero attached hydrogens (tertiary/aromatic N) is 2. The minimum absolute atomic E-state index is 0.0315. The highest BCUT2D eigenvalue weighted by Crippen LogP contribution is 2.32. The smallest absolute Gasteiger partial charge is 0.410 e. The van der Waals surface area contributed by atoms with Gasteiger partial charge in [0.05, 0.1) is 41.3 Å². The number of nitrogens with one attached hydrogen (secondary N) is 1. The van der Waals surface area contributed by atoms with Crippen molar-refractivity contribution >= 4 is 40.7 Å². The number of carbonyl (C=O) groups is 2. The third-order valence-corrected chi connectivity index (χ3v) is 5.86. The van der Waals surface area contributed by atoms with E-state index in [4.69, 9.17) is 26.8 Å². The Kier molecular flexibility index (Phi) is 9.36. The van der Waals surface area contributed by atoms with Gasteiger partial charge in [0.25, 0.3) is 0 Å². The first-order valence-electron chi connectivity index (χ1n) is 11.9. The van der Waals surface area contributed by atoms with E-state index in [2.05, 4.69) is 10.3 Å². The fraction of sp³-hybridized carbons (Fsp3) is 0.296. The molecule has 0 aliphatic carbocycles.